The lowest BCUT2D eigenvalue weighted by Gasteiger charge is -2.20. The fraction of sp³-hybridized carbons (Fsp3) is 0.222. The van der Waals surface area contributed by atoms with E-state index in [1.165, 1.54) is 19.1 Å². The van der Waals surface area contributed by atoms with Gasteiger partial charge in [-0.25, -0.2) is 9.18 Å². The van der Waals surface area contributed by atoms with Crippen molar-refractivity contribution in [2.75, 3.05) is 0 Å². The summed E-state index contributed by atoms with van der Waals surface area (Å²) in [5.41, 5.74) is 3.82. The second-order valence-electron chi connectivity index (χ2n) is 3.13. The molecule has 3 N–H and O–H groups in total. The molecule has 0 fully saturated rings. The molecule has 1 aromatic carbocycles. The summed E-state index contributed by atoms with van der Waals surface area (Å²) in [6.45, 7) is 1.27. The summed E-state index contributed by atoms with van der Waals surface area (Å²) >= 11 is 1.97. The molecule has 76 valence electrons. The minimum absolute atomic E-state index is 0.00287. The van der Waals surface area contributed by atoms with Gasteiger partial charge in [-0.15, -0.1) is 0 Å². The molecule has 0 amide bonds. The van der Waals surface area contributed by atoms with Gasteiger partial charge >= 0.3 is 5.97 Å². The molecule has 0 unspecified atom stereocenters. The summed E-state index contributed by atoms with van der Waals surface area (Å²) in [6.07, 6.45) is 0. The van der Waals surface area contributed by atoms with Gasteiger partial charge in [0.05, 0.1) is 0 Å². The monoisotopic (exact) mass is 309 g/mol. The van der Waals surface area contributed by atoms with Gasteiger partial charge in [-0.2, -0.15) is 0 Å². The number of hydrogen-bond donors (Lipinski definition) is 2. The van der Waals surface area contributed by atoms with Gasteiger partial charge in [0.1, 0.15) is 11.4 Å². The van der Waals surface area contributed by atoms with Crippen molar-refractivity contribution >= 4 is 28.6 Å². The zero-order valence-electron chi connectivity index (χ0n) is 7.42. The molecule has 0 spiro atoms. The van der Waals surface area contributed by atoms with Gasteiger partial charge in [0.15, 0.2) is 0 Å². The Morgan fingerprint density at radius 3 is 2.71 bits per heavy atom. The minimum atomic E-state index is -1.69. The molecular weight excluding hydrogens is 300 g/mol. The van der Waals surface area contributed by atoms with Crippen LogP contribution in [0.1, 0.15) is 12.5 Å². The number of nitrogens with two attached hydrogens (primary N) is 1. The van der Waals surface area contributed by atoms with Crippen LogP contribution in [0, 0.1) is 9.39 Å². The van der Waals surface area contributed by atoms with Crippen LogP contribution in [0.3, 0.4) is 0 Å². The van der Waals surface area contributed by atoms with Crippen LogP contribution in [0.25, 0.3) is 0 Å². The van der Waals surface area contributed by atoms with Crippen LogP contribution in [0.5, 0.6) is 0 Å². The van der Waals surface area contributed by atoms with Crippen molar-refractivity contribution in [3.63, 3.8) is 0 Å². The summed E-state index contributed by atoms with van der Waals surface area (Å²) in [5.74, 6) is -1.85. The third-order valence-corrected chi connectivity index (χ3v) is 2.60. The van der Waals surface area contributed by atoms with E-state index in [4.69, 9.17) is 10.8 Å². The zero-order chi connectivity index (χ0) is 10.9. The molecule has 3 nitrogen and oxygen atoms in total. The highest BCUT2D eigenvalue weighted by atomic mass is 127. The number of carboxylic acid groups (broad SMARTS) is 1. The molecule has 0 aliphatic carbocycles. The largest absolute Gasteiger partial charge is 0.480 e. The van der Waals surface area contributed by atoms with Crippen LogP contribution in [0.4, 0.5) is 4.39 Å². The summed E-state index contributed by atoms with van der Waals surface area (Å²) in [7, 11) is 0. The van der Waals surface area contributed by atoms with E-state index >= 15 is 0 Å². The van der Waals surface area contributed by atoms with E-state index in [9.17, 15) is 9.18 Å². The Labute approximate surface area is 94.2 Å². The minimum Gasteiger partial charge on any atom is -0.480 e. The van der Waals surface area contributed by atoms with E-state index in [0.29, 0.717) is 0 Å². The molecule has 0 aromatic heterocycles. The van der Waals surface area contributed by atoms with Gasteiger partial charge in [0, 0.05) is 9.13 Å². The number of halogens is 2. The predicted molar refractivity (Wildman–Crippen MR) is 58.3 cm³/mol. The highest BCUT2D eigenvalue weighted by Gasteiger charge is 2.33. The van der Waals surface area contributed by atoms with Gasteiger partial charge in [-0.3, -0.25) is 0 Å². The third kappa shape index (κ3) is 2.03. The SMILES string of the molecule is C[C@@](N)(C(=O)O)c1cc(I)ccc1F. The Morgan fingerprint density at radius 1 is 1.64 bits per heavy atom. The van der Waals surface area contributed by atoms with Gasteiger partial charge < -0.3 is 10.8 Å². The molecule has 1 rings (SSSR count). The van der Waals surface area contributed by atoms with E-state index in [2.05, 4.69) is 0 Å². The van der Waals surface area contributed by atoms with Gasteiger partial charge in [-0.05, 0) is 47.7 Å². The third-order valence-electron chi connectivity index (χ3n) is 1.93. The van der Waals surface area contributed by atoms with Crippen molar-refractivity contribution in [3.8, 4) is 0 Å². The van der Waals surface area contributed by atoms with Gasteiger partial charge in [-0.1, -0.05) is 0 Å². The first-order valence-corrected chi connectivity index (χ1v) is 4.91. The van der Waals surface area contributed by atoms with Crippen molar-refractivity contribution < 1.29 is 14.3 Å². The van der Waals surface area contributed by atoms with Gasteiger partial charge in [0.25, 0.3) is 0 Å². The van der Waals surface area contributed by atoms with Crippen LogP contribution >= 0.6 is 22.6 Å². The fourth-order valence-corrected chi connectivity index (χ4v) is 1.50. The molecule has 0 bridgehead atoms. The summed E-state index contributed by atoms with van der Waals surface area (Å²) in [5, 5.41) is 8.82. The van der Waals surface area contributed by atoms with E-state index in [1.54, 1.807) is 6.07 Å². The molecule has 1 atom stereocenters. The highest BCUT2D eigenvalue weighted by Crippen LogP contribution is 2.23. The van der Waals surface area contributed by atoms with Crippen LogP contribution in [-0.4, -0.2) is 11.1 Å². The molecule has 0 aliphatic heterocycles. The fourth-order valence-electron chi connectivity index (χ4n) is 1.01. The summed E-state index contributed by atoms with van der Waals surface area (Å²) < 4.78 is 14.0. The predicted octanol–water partition coefficient (Wildman–Crippen LogP) is 1.69. The van der Waals surface area contributed by atoms with Crippen molar-refractivity contribution in [2.24, 2.45) is 5.73 Å². The van der Waals surface area contributed by atoms with Crippen LogP contribution in [0.2, 0.25) is 0 Å². The molecule has 5 heteroatoms. The highest BCUT2D eigenvalue weighted by molar-refractivity contribution is 14.1. The lowest BCUT2D eigenvalue weighted by atomic mass is 9.93. The number of benzene rings is 1. The number of carbonyl (C=O) groups is 1. The number of hydrogen-bond acceptors (Lipinski definition) is 2. The molecule has 0 radical (unpaired) electrons. The second-order valence-corrected chi connectivity index (χ2v) is 4.38. The first kappa shape index (κ1) is 11.4. The van der Waals surface area contributed by atoms with Crippen LogP contribution in [0.15, 0.2) is 18.2 Å². The van der Waals surface area contributed by atoms with Crippen LogP contribution in [-0.2, 0) is 10.3 Å². The number of carboxylic acids is 1. The Bertz CT molecular complexity index is 379. The first-order valence-electron chi connectivity index (χ1n) is 3.83. The summed E-state index contributed by atoms with van der Waals surface area (Å²) in [6, 6.07) is 4.20. The average molecular weight is 309 g/mol. The molecule has 1 aromatic rings. The van der Waals surface area contributed by atoms with Crippen molar-refractivity contribution in [3.05, 3.63) is 33.1 Å². The molecule has 0 aliphatic rings. The smallest absolute Gasteiger partial charge is 0.328 e. The maximum atomic E-state index is 13.3. The number of rotatable bonds is 2. The van der Waals surface area contributed by atoms with Crippen molar-refractivity contribution in [1.82, 2.24) is 0 Å². The van der Waals surface area contributed by atoms with E-state index in [-0.39, 0.29) is 5.56 Å². The van der Waals surface area contributed by atoms with Crippen molar-refractivity contribution in [1.29, 1.82) is 0 Å². The van der Waals surface area contributed by atoms with E-state index in [1.807, 2.05) is 22.6 Å². The molecular formula is C9H9FINO2. The molecule has 0 saturated heterocycles. The van der Waals surface area contributed by atoms with Crippen molar-refractivity contribution in [2.45, 2.75) is 12.5 Å². The second kappa shape index (κ2) is 3.82. The van der Waals surface area contributed by atoms with Crippen LogP contribution < -0.4 is 5.73 Å². The lowest BCUT2D eigenvalue weighted by molar-refractivity contribution is -0.143. The normalized spacial score (nSPS) is 14.9. The van der Waals surface area contributed by atoms with Gasteiger partial charge in [0.2, 0.25) is 0 Å². The van der Waals surface area contributed by atoms with E-state index < -0.39 is 17.3 Å². The lowest BCUT2D eigenvalue weighted by Crippen LogP contribution is -2.42. The molecule has 0 saturated carbocycles. The van der Waals surface area contributed by atoms with E-state index in [0.717, 1.165) is 3.57 Å². The Balaban J connectivity index is 3.31. The Hall–Kier alpha value is -0.690. The summed E-state index contributed by atoms with van der Waals surface area (Å²) in [4.78, 5) is 10.8. The first-order chi connectivity index (χ1) is 6.35. The quantitative estimate of drug-likeness (QED) is 0.817. The maximum Gasteiger partial charge on any atom is 0.328 e. The topological polar surface area (TPSA) is 63.3 Å². The zero-order valence-corrected chi connectivity index (χ0v) is 9.58. The standard InChI is InChI=1S/C9H9FINO2/c1-9(12,8(13)14)6-4-5(11)2-3-7(6)10/h2-4H,12H2,1H3,(H,13,14)/t9-/m0/s1. The molecule has 14 heavy (non-hydrogen) atoms. The average Bonchev–Trinajstić information content (AvgIpc) is 2.08. The maximum absolute atomic E-state index is 13.3. The Kier molecular flexibility index (Phi) is 3.10. The molecule has 0 heterocycles. The Morgan fingerprint density at radius 2 is 2.21 bits per heavy atom. The number of aliphatic carboxylic acids is 1.